The average Bonchev–Trinajstić information content (AvgIpc) is 2.71. The lowest BCUT2D eigenvalue weighted by molar-refractivity contribution is 0.0976. The van der Waals surface area contributed by atoms with E-state index in [-0.39, 0.29) is 38.6 Å². The summed E-state index contributed by atoms with van der Waals surface area (Å²) in [5.74, 6) is -0.524. The van der Waals surface area contributed by atoms with Crippen LogP contribution in [0.4, 0.5) is 5.69 Å². The molecule has 1 aliphatic carbocycles. The molecule has 146 valence electrons. The van der Waals surface area contributed by atoms with Crippen LogP contribution in [0.3, 0.4) is 0 Å². The third-order valence-electron chi connectivity index (χ3n) is 4.80. The summed E-state index contributed by atoms with van der Waals surface area (Å²) in [4.78, 5) is 25.7. The number of hydrogen-bond acceptors (Lipinski definition) is 5. The Balaban J connectivity index is 1.87. The van der Waals surface area contributed by atoms with Crippen molar-refractivity contribution in [2.45, 2.75) is 11.8 Å². The Morgan fingerprint density at radius 1 is 0.828 bits per heavy atom. The molecule has 0 spiro atoms. The van der Waals surface area contributed by atoms with Crippen molar-refractivity contribution in [1.82, 2.24) is 0 Å². The van der Waals surface area contributed by atoms with E-state index >= 15 is 0 Å². The lowest BCUT2D eigenvalue weighted by Gasteiger charge is -2.20. The normalized spacial score (nSPS) is 12.9. The number of carbonyl (C=O) groups excluding carboxylic acids is 2. The largest absolute Gasteiger partial charge is 0.495 e. The molecular formula is C22H17NO5S. The first kappa shape index (κ1) is 18.9. The summed E-state index contributed by atoms with van der Waals surface area (Å²) in [6.07, 6.45) is 0. The standard InChI is InChI=1S/C22H17NO5S/c1-13-10-11-18(28-2)17(12-13)23-29(26,27)19-9-5-8-16-20(19)22(25)15-7-4-3-6-14(15)21(16)24/h3-12,23H,1-2H3. The van der Waals surface area contributed by atoms with Gasteiger partial charge in [-0.05, 0) is 30.7 Å². The predicted octanol–water partition coefficient (Wildman–Crippen LogP) is 3.58. The molecule has 0 radical (unpaired) electrons. The van der Waals surface area contributed by atoms with Crippen molar-refractivity contribution in [1.29, 1.82) is 0 Å². The molecule has 0 bridgehead atoms. The number of fused-ring (bicyclic) bond motifs is 2. The molecule has 6 nitrogen and oxygen atoms in total. The number of carbonyl (C=O) groups is 2. The zero-order valence-electron chi connectivity index (χ0n) is 15.7. The molecular weight excluding hydrogens is 390 g/mol. The summed E-state index contributed by atoms with van der Waals surface area (Å²) in [5.41, 5.74) is 1.51. The van der Waals surface area contributed by atoms with Crippen LogP contribution in [-0.2, 0) is 10.0 Å². The monoisotopic (exact) mass is 407 g/mol. The lowest BCUT2D eigenvalue weighted by Crippen LogP contribution is -2.25. The van der Waals surface area contributed by atoms with Gasteiger partial charge in [-0.2, -0.15) is 0 Å². The van der Waals surface area contributed by atoms with Gasteiger partial charge in [0.25, 0.3) is 10.0 Å². The average molecular weight is 407 g/mol. The summed E-state index contributed by atoms with van der Waals surface area (Å²) in [7, 11) is -2.73. The Morgan fingerprint density at radius 3 is 2.17 bits per heavy atom. The van der Waals surface area contributed by atoms with E-state index in [0.29, 0.717) is 5.75 Å². The molecule has 0 atom stereocenters. The van der Waals surface area contributed by atoms with Gasteiger partial charge in [0.1, 0.15) is 5.75 Å². The van der Waals surface area contributed by atoms with Crippen molar-refractivity contribution in [2.75, 3.05) is 11.8 Å². The third-order valence-corrected chi connectivity index (χ3v) is 6.21. The number of hydrogen-bond donors (Lipinski definition) is 1. The Morgan fingerprint density at radius 2 is 1.48 bits per heavy atom. The maximum absolute atomic E-state index is 13.2. The number of aryl methyl sites for hydroxylation is 1. The molecule has 1 N–H and O–H groups in total. The van der Waals surface area contributed by atoms with Crippen LogP contribution in [0.15, 0.2) is 65.6 Å². The Kier molecular flexibility index (Phi) is 4.47. The highest BCUT2D eigenvalue weighted by Crippen LogP contribution is 2.33. The summed E-state index contributed by atoms with van der Waals surface area (Å²) < 4.78 is 34.1. The van der Waals surface area contributed by atoms with Gasteiger partial charge >= 0.3 is 0 Å². The number of ether oxygens (including phenoxy) is 1. The molecule has 0 amide bonds. The van der Waals surface area contributed by atoms with Gasteiger partial charge in [-0.3, -0.25) is 14.3 Å². The molecule has 3 aromatic carbocycles. The van der Waals surface area contributed by atoms with Gasteiger partial charge in [0.15, 0.2) is 11.6 Å². The first-order valence-corrected chi connectivity index (χ1v) is 10.3. The van der Waals surface area contributed by atoms with Crippen LogP contribution in [0.25, 0.3) is 0 Å². The molecule has 0 saturated carbocycles. The van der Waals surface area contributed by atoms with E-state index in [1.165, 1.54) is 31.4 Å². The second-order valence-electron chi connectivity index (χ2n) is 6.69. The predicted molar refractivity (Wildman–Crippen MR) is 108 cm³/mol. The number of methoxy groups -OCH3 is 1. The van der Waals surface area contributed by atoms with E-state index in [1.807, 2.05) is 6.92 Å². The van der Waals surface area contributed by atoms with Crippen molar-refractivity contribution < 1.29 is 22.7 Å². The van der Waals surface area contributed by atoms with Crippen molar-refractivity contribution in [3.05, 3.63) is 88.5 Å². The highest BCUT2D eigenvalue weighted by molar-refractivity contribution is 7.92. The second-order valence-corrected chi connectivity index (χ2v) is 8.34. The maximum Gasteiger partial charge on any atom is 0.262 e. The summed E-state index contributed by atoms with van der Waals surface area (Å²) in [6, 6.07) is 15.7. The highest BCUT2D eigenvalue weighted by Gasteiger charge is 2.34. The number of anilines is 1. The second kappa shape index (κ2) is 6.86. The topological polar surface area (TPSA) is 89.5 Å². The quantitative estimate of drug-likeness (QED) is 0.559. The maximum atomic E-state index is 13.2. The number of rotatable bonds is 4. The van der Waals surface area contributed by atoms with Crippen molar-refractivity contribution in [2.24, 2.45) is 0 Å². The molecule has 0 unspecified atom stereocenters. The molecule has 4 rings (SSSR count). The van der Waals surface area contributed by atoms with Crippen molar-refractivity contribution in [3.8, 4) is 5.75 Å². The van der Waals surface area contributed by atoms with Crippen LogP contribution < -0.4 is 9.46 Å². The summed E-state index contributed by atoms with van der Waals surface area (Å²) >= 11 is 0. The molecule has 0 heterocycles. The fraction of sp³-hybridized carbons (Fsp3) is 0.0909. The van der Waals surface area contributed by atoms with E-state index < -0.39 is 15.8 Å². The Bertz CT molecular complexity index is 1280. The SMILES string of the molecule is COc1ccc(C)cc1NS(=O)(=O)c1cccc2c1C(=O)c1ccccc1C2=O. The van der Waals surface area contributed by atoms with Gasteiger partial charge in [-0.25, -0.2) is 8.42 Å². The third kappa shape index (κ3) is 3.09. The molecule has 0 fully saturated rings. The Hall–Kier alpha value is -3.45. The van der Waals surface area contributed by atoms with Gasteiger partial charge in [0.05, 0.1) is 23.3 Å². The molecule has 29 heavy (non-hydrogen) atoms. The number of ketones is 2. The van der Waals surface area contributed by atoms with Crippen LogP contribution >= 0.6 is 0 Å². The minimum Gasteiger partial charge on any atom is -0.495 e. The lowest BCUT2D eigenvalue weighted by atomic mass is 9.84. The molecule has 1 aliphatic rings. The van der Waals surface area contributed by atoms with Crippen LogP contribution in [0, 0.1) is 6.92 Å². The number of sulfonamides is 1. The van der Waals surface area contributed by atoms with Crippen LogP contribution in [-0.4, -0.2) is 27.1 Å². The van der Waals surface area contributed by atoms with Gasteiger partial charge in [0.2, 0.25) is 0 Å². The fourth-order valence-electron chi connectivity index (χ4n) is 3.44. The minimum absolute atomic E-state index is 0.0767. The molecule has 3 aromatic rings. The summed E-state index contributed by atoms with van der Waals surface area (Å²) in [5, 5.41) is 0. The van der Waals surface area contributed by atoms with Gasteiger partial charge in [0, 0.05) is 16.7 Å². The summed E-state index contributed by atoms with van der Waals surface area (Å²) in [6.45, 7) is 1.82. The van der Waals surface area contributed by atoms with E-state index in [4.69, 9.17) is 4.74 Å². The van der Waals surface area contributed by atoms with Gasteiger partial charge < -0.3 is 4.74 Å². The highest BCUT2D eigenvalue weighted by atomic mass is 32.2. The number of benzene rings is 3. The zero-order chi connectivity index (χ0) is 20.8. The molecule has 0 aromatic heterocycles. The molecule has 0 saturated heterocycles. The number of nitrogens with one attached hydrogen (secondary N) is 1. The van der Waals surface area contributed by atoms with Gasteiger partial charge in [-0.1, -0.05) is 42.5 Å². The zero-order valence-corrected chi connectivity index (χ0v) is 16.5. The molecule has 0 aliphatic heterocycles. The van der Waals surface area contributed by atoms with E-state index in [9.17, 15) is 18.0 Å². The van der Waals surface area contributed by atoms with Crippen LogP contribution in [0.1, 0.15) is 37.4 Å². The van der Waals surface area contributed by atoms with Crippen LogP contribution in [0.5, 0.6) is 5.75 Å². The van der Waals surface area contributed by atoms with Crippen LogP contribution in [0.2, 0.25) is 0 Å². The van der Waals surface area contributed by atoms with E-state index in [0.717, 1.165) is 5.56 Å². The first-order chi connectivity index (χ1) is 13.8. The smallest absolute Gasteiger partial charge is 0.262 e. The van der Waals surface area contributed by atoms with Crippen molar-refractivity contribution >= 4 is 27.3 Å². The van der Waals surface area contributed by atoms with Crippen molar-refractivity contribution in [3.63, 3.8) is 0 Å². The van der Waals surface area contributed by atoms with E-state index in [2.05, 4.69) is 4.72 Å². The Labute approximate surface area is 168 Å². The fourth-order valence-corrected chi connectivity index (χ4v) is 4.73. The van der Waals surface area contributed by atoms with E-state index in [1.54, 1.807) is 36.4 Å². The first-order valence-electron chi connectivity index (χ1n) is 8.82. The van der Waals surface area contributed by atoms with Gasteiger partial charge in [-0.15, -0.1) is 0 Å². The minimum atomic E-state index is -4.17. The molecule has 7 heteroatoms.